The Morgan fingerprint density at radius 2 is 1.03 bits per heavy atom. The number of nitrogens with one attached hydrogen (secondary N) is 1. The number of fused-ring (bicyclic) bond motifs is 4. The van der Waals surface area contributed by atoms with Crippen molar-refractivity contribution in [2.24, 2.45) is 0 Å². The first kappa shape index (κ1) is 42.9. The van der Waals surface area contributed by atoms with Crippen molar-refractivity contribution in [3.05, 3.63) is 245 Å². The van der Waals surface area contributed by atoms with Gasteiger partial charge < -0.3 is 19.1 Å². The monoisotopic (exact) mass is 926 g/mol. The first-order chi connectivity index (χ1) is 35.4. The summed E-state index contributed by atoms with van der Waals surface area (Å²) < 4.78 is 14.0. The van der Waals surface area contributed by atoms with Crippen molar-refractivity contribution in [3.8, 4) is 22.3 Å². The topological polar surface area (TPSA) is 41.5 Å². The fourth-order valence-electron chi connectivity index (χ4n) is 10.9. The highest BCUT2D eigenvalue weighted by Gasteiger charge is 2.25. The van der Waals surface area contributed by atoms with Crippen LogP contribution in [-0.4, -0.2) is 0 Å². The molecule has 0 aliphatic heterocycles. The fraction of sp³-hybridized carbons (Fsp3) is 0.0588. The van der Waals surface area contributed by atoms with Crippen LogP contribution in [0.25, 0.3) is 106 Å². The van der Waals surface area contributed by atoms with Gasteiger partial charge in [-0.05, 0) is 107 Å². The SMILES string of the molecule is Cc1ccc(C)c(\C=C/C=c2\c(=C\Nc3ccc4ccc5c(N(c6cc(C)ccc6C)c6cccc7c6oc6c(-c8ccccc8)cccc67)ccc6ccc3c4c65)oc3c(-c4ccccc4)cccc23)c1. The van der Waals surface area contributed by atoms with Crippen LogP contribution in [0.2, 0.25) is 0 Å². The third kappa shape index (κ3) is 7.22. The zero-order chi connectivity index (χ0) is 48.5. The molecule has 0 spiro atoms. The van der Waals surface area contributed by atoms with E-state index in [-0.39, 0.29) is 0 Å². The summed E-state index contributed by atoms with van der Waals surface area (Å²) in [6, 6.07) is 71.8. The standard InChI is InChI=1S/C68H50N2O2/c1-42-27-29-44(3)50(39-42)19-11-22-53-54-23-12-20-51(46-15-7-5-8-16-46)66(54)71-63(53)41-69-59-37-33-48-32-36-58-60(38-34-49-31-35-57(59)64(48)65(49)58)70(62-40-43(2)28-30-45(62)4)61-26-14-25-56-55-24-13-21-52(67(55)72-68(56)61)47-17-9-6-10-18-47/h5-41,69H,1-4H3/b19-11-,53-22-,63-41-. The Labute approximate surface area is 418 Å². The van der Waals surface area contributed by atoms with Gasteiger partial charge in [-0.3, -0.25) is 0 Å². The van der Waals surface area contributed by atoms with Gasteiger partial charge in [0.15, 0.2) is 11.0 Å². The Bertz CT molecular complexity index is 4410. The van der Waals surface area contributed by atoms with E-state index in [1.165, 1.54) is 49.4 Å². The molecule has 0 atom stereocenters. The third-order valence-corrected chi connectivity index (χ3v) is 14.5. The second-order valence-electron chi connectivity index (χ2n) is 19.2. The highest BCUT2D eigenvalue weighted by Crippen LogP contribution is 2.49. The largest absolute Gasteiger partial charge is 0.454 e. The van der Waals surface area contributed by atoms with E-state index in [4.69, 9.17) is 8.83 Å². The summed E-state index contributed by atoms with van der Waals surface area (Å²) in [6.07, 6.45) is 8.54. The summed E-state index contributed by atoms with van der Waals surface area (Å²) in [4.78, 5) is 2.42. The second-order valence-corrected chi connectivity index (χ2v) is 19.2. The lowest BCUT2D eigenvalue weighted by molar-refractivity contribution is 0.576. The van der Waals surface area contributed by atoms with Crippen LogP contribution in [-0.2, 0) is 0 Å². The van der Waals surface area contributed by atoms with Crippen molar-refractivity contribution in [2.45, 2.75) is 27.7 Å². The lowest BCUT2D eigenvalue weighted by Gasteiger charge is -2.29. The van der Waals surface area contributed by atoms with E-state index >= 15 is 0 Å². The van der Waals surface area contributed by atoms with Gasteiger partial charge in [-0.15, -0.1) is 0 Å². The molecule has 72 heavy (non-hydrogen) atoms. The summed E-state index contributed by atoms with van der Waals surface area (Å²) in [5.41, 5.74) is 17.9. The van der Waals surface area contributed by atoms with Crippen LogP contribution in [0, 0.1) is 27.7 Å². The Morgan fingerprint density at radius 1 is 0.431 bits per heavy atom. The molecule has 344 valence electrons. The maximum Gasteiger partial charge on any atom is 0.159 e. The number of hydrogen-bond donors (Lipinski definition) is 1. The predicted molar refractivity (Wildman–Crippen MR) is 305 cm³/mol. The molecule has 2 aromatic heterocycles. The Morgan fingerprint density at radius 3 is 1.76 bits per heavy atom. The van der Waals surface area contributed by atoms with Crippen molar-refractivity contribution in [1.29, 1.82) is 0 Å². The van der Waals surface area contributed by atoms with Gasteiger partial charge in [-0.2, -0.15) is 0 Å². The quantitative estimate of drug-likeness (QED) is 0.146. The van der Waals surface area contributed by atoms with Gasteiger partial charge in [-0.1, -0.05) is 200 Å². The number of allylic oxidation sites excluding steroid dienone is 1. The van der Waals surface area contributed by atoms with E-state index in [1.54, 1.807) is 0 Å². The van der Waals surface area contributed by atoms with Crippen molar-refractivity contribution in [1.82, 2.24) is 0 Å². The minimum Gasteiger partial charge on any atom is -0.454 e. The molecule has 4 heteroatoms. The van der Waals surface area contributed by atoms with Crippen LogP contribution in [0.5, 0.6) is 0 Å². The normalized spacial score (nSPS) is 12.6. The molecule has 0 aliphatic rings. The summed E-state index contributed by atoms with van der Waals surface area (Å²) in [7, 11) is 0. The molecular formula is C68H50N2O2. The van der Waals surface area contributed by atoms with Crippen molar-refractivity contribution < 1.29 is 8.83 Å². The molecule has 0 saturated carbocycles. The summed E-state index contributed by atoms with van der Waals surface area (Å²) in [5, 5.41) is 15.1. The molecule has 2 heterocycles. The van der Waals surface area contributed by atoms with Crippen LogP contribution >= 0.6 is 0 Å². The van der Waals surface area contributed by atoms with E-state index in [1.807, 2.05) is 6.20 Å². The van der Waals surface area contributed by atoms with E-state index < -0.39 is 0 Å². The van der Waals surface area contributed by atoms with Crippen LogP contribution in [0.15, 0.2) is 215 Å². The Balaban J connectivity index is 0.987. The molecule has 11 aromatic carbocycles. The third-order valence-electron chi connectivity index (χ3n) is 14.5. The zero-order valence-electron chi connectivity index (χ0n) is 40.6. The van der Waals surface area contributed by atoms with E-state index in [9.17, 15) is 0 Å². The first-order valence-corrected chi connectivity index (χ1v) is 24.7. The average Bonchev–Trinajstić information content (AvgIpc) is 3.99. The van der Waals surface area contributed by atoms with Crippen LogP contribution in [0.1, 0.15) is 27.8 Å². The maximum atomic E-state index is 7.11. The molecule has 0 radical (unpaired) electrons. The molecule has 0 unspecified atom stereocenters. The number of rotatable bonds is 9. The number of anilines is 4. The zero-order valence-corrected chi connectivity index (χ0v) is 40.6. The van der Waals surface area contributed by atoms with Crippen molar-refractivity contribution in [3.63, 3.8) is 0 Å². The second kappa shape index (κ2) is 17.4. The number of para-hydroxylation sites is 3. The molecule has 4 nitrogen and oxygen atoms in total. The summed E-state index contributed by atoms with van der Waals surface area (Å²) in [5.74, 6) is 0. The minimum absolute atomic E-state index is 0.756. The van der Waals surface area contributed by atoms with Crippen molar-refractivity contribution in [2.75, 3.05) is 10.2 Å². The molecule has 0 aliphatic carbocycles. The lowest BCUT2D eigenvalue weighted by Crippen LogP contribution is -2.21. The van der Waals surface area contributed by atoms with Gasteiger partial charge in [0.1, 0.15) is 11.2 Å². The smallest absolute Gasteiger partial charge is 0.159 e. The molecule has 13 aromatic rings. The maximum absolute atomic E-state index is 7.11. The number of hydrogen-bond acceptors (Lipinski definition) is 4. The Hall–Kier alpha value is -9.12. The van der Waals surface area contributed by atoms with Gasteiger partial charge in [0.05, 0.1) is 11.4 Å². The van der Waals surface area contributed by atoms with Gasteiger partial charge in [0, 0.05) is 60.9 Å². The van der Waals surface area contributed by atoms with Crippen LogP contribution in [0.4, 0.5) is 22.7 Å². The number of nitrogens with zero attached hydrogens (tertiary/aromatic N) is 1. The Kier molecular flexibility index (Phi) is 10.4. The fourth-order valence-corrected chi connectivity index (χ4v) is 10.9. The van der Waals surface area contributed by atoms with Crippen LogP contribution in [0.3, 0.4) is 0 Å². The molecule has 1 N–H and O–H groups in total. The predicted octanol–water partition coefficient (Wildman–Crippen LogP) is 17.6. The average molecular weight is 927 g/mol. The summed E-state index contributed by atoms with van der Waals surface area (Å²) in [6.45, 7) is 8.66. The number of furan rings is 2. The van der Waals surface area contributed by atoms with Gasteiger partial charge >= 0.3 is 0 Å². The van der Waals surface area contributed by atoms with E-state index in [2.05, 4.69) is 256 Å². The summed E-state index contributed by atoms with van der Waals surface area (Å²) >= 11 is 0. The molecule has 13 rings (SSSR count). The number of benzene rings is 11. The molecular weight excluding hydrogens is 877 g/mol. The lowest BCUT2D eigenvalue weighted by atomic mass is 9.92. The van der Waals surface area contributed by atoms with Gasteiger partial charge in [0.2, 0.25) is 0 Å². The van der Waals surface area contributed by atoms with Gasteiger partial charge in [0.25, 0.3) is 0 Å². The molecule has 0 saturated heterocycles. The highest BCUT2D eigenvalue weighted by atomic mass is 16.3. The van der Waals surface area contributed by atoms with Crippen LogP contribution < -0.4 is 20.9 Å². The molecule has 0 fully saturated rings. The van der Waals surface area contributed by atoms with Crippen molar-refractivity contribution >= 4 is 106 Å². The molecule has 0 amide bonds. The minimum atomic E-state index is 0.756. The first-order valence-electron chi connectivity index (χ1n) is 24.7. The molecule has 0 bridgehead atoms. The highest BCUT2D eigenvalue weighted by molar-refractivity contribution is 6.28. The van der Waals surface area contributed by atoms with Gasteiger partial charge in [-0.25, -0.2) is 0 Å². The van der Waals surface area contributed by atoms with E-state index in [0.29, 0.717) is 0 Å². The van der Waals surface area contributed by atoms with E-state index in [0.717, 1.165) is 99.3 Å². The number of aryl methyl sites for hydroxylation is 4.